The van der Waals surface area contributed by atoms with E-state index in [0.717, 1.165) is 12.8 Å². The molecule has 2 atom stereocenters. The molecule has 2 unspecified atom stereocenters. The van der Waals surface area contributed by atoms with E-state index in [1.807, 2.05) is 20.8 Å². The monoisotopic (exact) mass is 231 g/mol. The first-order chi connectivity index (χ1) is 6.95. The summed E-state index contributed by atoms with van der Waals surface area (Å²) in [7, 11) is 0. The van der Waals surface area contributed by atoms with Crippen molar-refractivity contribution in [3.8, 4) is 0 Å². The van der Waals surface area contributed by atoms with E-state index in [4.69, 9.17) is 11.6 Å². The fourth-order valence-corrected chi connectivity index (χ4v) is 2.34. The molecule has 1 N–H and O–H groups in total. The Hall–Kier alpha value is -0.240. The molecule has 0 aromatic heterocycles. The van der Waals surface area contributed by atoms with Crippen molar-refractivity contribution in [1.29, 1.82) is 0 Å². The first-order valence-electron chi connectivity index (χ1n) is 5.82. The van der Waals surface area contributed by atoms with Gasteiger partial charge < -0.3 is 5.32 Å². The normalized spacial score (nSPS) is 27.5. The molecule has 0 saturated heterocycles. The zero-order valence-electron chi connectivity index (χ0n) is 9.98. The lowest BCUT2D eigenvalue weighted by atomic mass is 9.84. The molecule has 0 bridgehead atoms. The molecule has 0 heterocycles. The van der Waals surface area contributed by atoms with Gasteiger partial charge in [0.2, 0.25) is 5.91 Å². The van der Waals surface area contributed by atoms with Crippen LogP contribution in [0.1, 0.15) is 46.5 Å². The van der Waals surface area contributed by atoms with Gasteiger partial charge in [-0.1, -0.05) is 33.6 Å². The predicted octanol–water partition coefficient (Wildman–Crippen LogP) is 2.95. The van der Waals surface area contributed by atoms with Crippen LogP contribution < -0.4 is 5.32 Å². The van der Waals surface area contributed by atoms with Gasteiger partial charge in [0, 0.05) is 17.3 Å². The Kier molecular flexibility index (Phi) is 4.45. The molecule has 15 heavy (non-hydrogen) atoms. The predicted molar refractivity (Wildman–Crippen MR) is 64.1 cm³/mol. The molecule has 1 aliphatic rings. The van der Waals surface area contributed by atoms with Gasteiger partial charge in [0.1, 0.15) is 0 Å². The highest BCUT2D eigenvalue weighted by molar-refractivity contribution is 6.18. The quantitative estimate of drug-likeness (QED) is 0.728. The van der Waals surface area contributed by atoms with Crippen LogP contribution in [0, 0.1) is 11.3 Å². The summed E-state index contributed by atoms with van der Waals surface area (Å²) in [5, 5.41) is 3.14. The second kappa shape index (κ2) is 5.20. The zero-order chi connectivity index (χ0) is 11.5. The van der Waals surface area contributed by atoms with E-state index in [1.54, 1.807) is 0 Å². The second-order valence-corrected chi connectivity index (χ2v) is 5.84. The van der Waals surface area contributed by atoms with Gasteiger partial charge in [0.15, 0.2) is 0 Å². The molecule has 88 valence electrons. The number of nitrogens with one attached hydrogen (secondary N) is 1. The van der Waals surface area contributed by atoms with E-state index in [1.165, 1.54) is 12.8 Å². The fourth-order valence-electron chi connectivity index (χ4n) is 1.97. The molecule has 2 nitrogen and oxygen atoms in total. The van der Waals surface area contributed by atoms with Crippen molar-refractivity contribution in [2.45, 2.75) is 52.5 Å². The number of carbonyl (C=O) groups excluding carboxylic acids is 1. The molecule has 0 spiro atoms. The molecule has 1 fully saturated rings. The number of rotatable bonds is 2. The Morgan fingerprint density at radius 2 is 1.93 bits per heavy atom. The number of alkyl halides is 1. The highest BCUT2D eigenvalue weighted by Crippen LogP contribution is 2.26. The lowest BCUT2D eigenvalue weighted by Gasteiger charge is -2.33. The van der Waals surface area contributed by atoms with Crippen LogP contribution in [-0.2, 0) is 4.79 Å². The molecule has 0 radical (unpaired) electrons. The van der Waals surface area contributed by atoms with Crippen molar-refractivity contribution < 1.29 is 4.79 Å². The van der Waals surface area contributed by atoms with Crippen LogP contribution >= 0.6 is 11.6 Å². The highest BCUT2D eigenvalue weighted by Gasteiger charge is 2.29. The van der Waals surface area contributed by atoms with Crippen molar-refractivity contribution in [2.24, 2.45) is 11.3 Å². The number of carbonyl (C=O) groups is 1. The van der Waals surface area contributed by atoms with Crippen LogP contribution in [0.3, 0.4) is 0 Å². The largest absolute Gasteiger partial charge is 0.353 e. The van der Waals surface area contributed by atoms with Crippen molar-refractivity contribution in [1.82, 2.24) is 5.32 Å². The summed E-state index contributed by atoms with van der Waals surface area (Å²) in [4.78, 5) is 11.8. The highest BCUT2D eigenvalue weighted by atomic mass is 35.5. The van der Waals surface area contributed by atoms with Crippen LogP contribution in [-0.4, -0.2) is 17.8 Å². The number of halogens is 1. The Morgan fingerprint density at radius 3 is 2.47 bits per heavy atom. The van der Waals surface area contributed by atoms with Gasteiger partial charge >= 0.3 is 0 Å². The van der Waals surface area contributed by atoms with Crippen molar-refractivity contribution in [3.05, 3.63) is 0 Å². The summed E-state index contributed by atoms with van der Waals surface area (Å²) in [6, 6.07) is 0.294. The van der Waals surface area contributed by atoms with E-state index in [-0.39, 0.29) is 11.3 Å². The molecule has 1 saturated carbocycles. The van der Waals surface area contributed by atoms with E-state index >= 15 is 0 Å². The van der Waals surface area contributed by atoms with Crippen LogP contribution in [0.2, 0.25) is 0 Å². The molecule has 1 aliphatic carbocycles. The van der Waals surface area contributed by atoms with E-state index in [0.29, 0.717) is 17.8 Å². The average Bonchev–Trinajstić information content (AvgIpc) is 2.17. The molecule has 0 aliphatic heterocycles. The van der Waals surface area contributed by atoms with Crippen LogP contribution in [0.4, 0.5) is 0 Å². The molecule has 0 aromatic rings. The minimum absolute atomic E-state index is 0.143. The smallest absolute Gasteiger partial charge is 0.225 e. The Bertz CT molecular complexity index is 222. The third-order valence-electron chi connectivity index (χ3n) is 3.10. The zero-order valence-corrected chi connectivity index (χ0v) is 10.7. The summed E-state index contributed by atoms with van der Waals surface area (Å²) >= 11 is 5.92. The fraction of sp³-hybridized carbons (Fsp3) is 0.917. The number of amides is 1. The molecule has 0 aromatic carbocycles. The van der Waals surface area contributed by atoms with Crippen molar-refractivity contribution >= 4 is 17.5 Å². The lowest BCUT2D eigenvalue weighted by molar-refractivity contribution is -0.129. The van der Waals surface area contributed by atoms with Crippen LogP contribution in [0.15, 0.2) is 0 Å². The van der Waals surface area contributed by atoms with Gasteiger partial charge in [-0.05, 0) is 18.8 Å². The SMILES string of the molecule is CC(C)(C)C(=O)NC1CCCCC1CCl. The average molecular weight is 232 g/mol. The maximum atomic E-state index is 11.8. The maximum absolute atomic E-state index is 11.8. The first-order valence-corrected chi connectivity index (χ1v) is 6.35. The minimum atomic E-state index is -0.297. The summed E-state index contributed by atoms with van der Waals surface area (Å²) in [5.74, 6) is 1.27. The Morgan fingerprint density at radius 1 is 1.33 bits per heavy atom. The van der Waals surface area contributed by atoms with Gasteiger partial charge in [-0.15, -0.1) is 11.6 Å². The number of hydrogen-bond acceptors (Lipinski definition) is 1. The summed E-state index contributed by atoms with van der Waals surface area (Å²) in [5.41, 5.74) is -0.297. The Balaban J connectivity index is 2.52. The topological polar surface area (TPSA) is 29.1 Å². The standard InChI is InChI=1S/C12H22ClNO/c1-12(2,3)11(15)14-10-7-5-4-6-9(10)8-13/h9-10H,4-8H2,1-3H3,(H,14,15). The van der Waals surface area contributed by atoms with E-state index in [9.17, 15) is 4.79 Å². The van der Waals surface area contributed by atoms with Crippen molar-refractivity contribution in [3.63, 3.8) is 0 Å². The molecular weight excluding hydrogens is 210 g/mol. The Labute approximate surface area is 97.8 Å². The van der Waals surface area contributed by atoms with Gasteiger partial charge in [-0.3, -0.25) is 4.79 Å². The van der Waals surface area contributed by atoms with Gasteiger partial charge in [0.25, 0.3) is 0 Å². The number of hydrogen-bond donors (Lipinski definition) is 1. The third-order valence-corrected chi connectivity index (χ3v) is 3.50. The lowest BCUT2D eigenvalue weighted by Crippen LogP contribution is -2.47. The molecule has 1 amide bonds. The van der Waals surface area contributed by atoms with E-state index < -0.39 is 0 Å². The summed E-state index contributed by atoms with van der Waals surface area (Å²) in [6.07, 6.45) is 4.69. The third kappa shape index (κ3) is 3.67. The molecule has 1 rings (SSSR count). The maximum Gasteiger partial charge on any atom is 0.225 e. The van der Waals surface area contributed by atoms with Crippen molar-refractivity contribution in [2.75, 3.05) is 5.88 Å². The second-order valence-electron chi connectivity index (χ2n) is 5.53. The van der Waals surface area contributed by atoms with Gasteiger partial charge in [-0.25, -0.2) is 0 Å². The van der Waals surface area contributed by atoms with Gasteiger partial charge in [-0.2, -0.15) is 0 Å². The minimum Gasteiger partial charge on any atom is -0.353 e. The molecular formula is C12H22ClNO. The van der Waals surface area contributed by atoms with Crippen LogP contribution in [0.25, 0.3) is 0 Å². The van der Waals surface area contributed by atoms with Crippen LogP contribution in [0.5, 0.6) is 0 Å². The molecule has 3 heteroatoms. The summed E-state index contributed by atoms with van der Waals surface area (Å²) in [6.45, 7) is 5.84. The van der Waals surface area contributed by atoms with E-state index in [2.05, 4.69) is 5.32 Å². The first kappa shape index (κ1) is 12.8. The summed E-state index contributed by atoms with van der Waals surface area (Å²) < 4.78 is 0. The van der Waals surface area contributed by atoms with Gasteiger partial charge in [0.05, 0.1) is 0 Å².